The van der Waals surface area contributed by atoms with Gasteiger partial charge in [0.1, 0.15) is 0 Å². The zero-order valence-corrected chi connectivity index (χ0v) is 13.4. The van der Waals surface area contributed by atoms with E-state index in [0.29, 0.717) is 31.6 Å². The molecular weight excluding hydrogens is 264 g/mol. The Morgan fingerprint density at radius 2 is 2.05 bits per heavy atom. The van der Waals surface area contributed by atoms with Crippen LogP contribution in [0, 0.1) is 24.2 Å². The second-order valence-electron chi connectivity index (χ2n) is 6.64. The van der Waals surface area contributed by atoms with Crippen molar-refractivity contribution >= 4 is 5.91 Å². The van der Waals surface area contributed by atoms with Crippen LogP contribution in [0.4, 0.5) is 0 Å². The minimum absolute atomic E-state index is 0.173. The molecule has 0 radical (unpaired) electrons. The third-order valence-electron chi connectivity index (χ3n) is 4.51. The molecule has 2 saturated heterocycles. The first-order valence-electron chi connectivity index (χ1n) is 8.16. The van der Waals surface area contributed by atoms with Crippen LogP contribution in [-0.4, -0.2) is 61.1 Å². The third kappa shape index (κ3) is 4.46. The summed E-state index contributed by atoms with van der Waals surface area (Å²) in [6, 6.07) is 0.259. The average molecular weight is 292 g/mol. The van der Waals surface area contributed by atoms with Crippen molar-refractivity contribution < 1.29 is 9.53 Å². The summed E-state index contributed by atoms with van der Waals surface area (Å²) in [5.74, 6) is 3.79. The summed E-state index contributed by atoms with van der Waals surface area (Å²) in [6.07, 6.45) is 8.26. The van der Waals surface area contributed by atoms with Gasteiger partial charge in [-0.1, -0.05) is 19.8 Å². The maximum absolute atomic E-state index is 12.8. The van der Waals surface area contributed by atoms with Crippen LogP contribution >= 0.6 is 0 Å². The Morgan fingerprint density at radius 3 is 2.67 bits per heavy atom. The number of hydrogen-bond acceptors (Lipinski definition) is 3. The van der Waals surface area contributed by atoms with Gasteiger partial charge in [-0.2, -0.15) is 0 Å². The number of morpholine rings is 1. The van der Waals surface area contributed by atoms with E-state index in [4.69, 9.17) is 11.2 Å². The Bertz CT molecular complexity index is 381. The van der Waals surface area contributed by atoms with Gasteiger partial charge >= 0.3 is 0 Å². The van der Waals surface area contributed by atoms with E-state index in [1.165, 1.54) is 0 Å². The molecule has 0 aromatic heterocycles. The number of hydrogen-bond donors (Lipinski definition) is 0. The van der Waals surface area contributed by atoms with Crippen molar-refractivity contribution in [1.82, 2.24) is 9.80 Å². The van der Waals surface area contributed by atoms with Crippen LogP contribution in [0.25, 0.3) is 0 Å². The lowest BCUT2D eigenvalue weighted by Gasteiger charge is -2.40. The first kappa shape index (κ1) is 16.3. The zero-order valence-electron chi connectivity index (χ0n) is 13.4. The Balaban J connectivity index is 1.90. The van der Waals surface area contributed by atoms with E-state index in [9.17, 15) is 4.79 Å². The number of likely N-dealkylation sites (tertiary alicyclic amines) is 1. The van der Waals surface area contributed by atoms with Crippen molar-refractivity contribution in [2.75, 3.05) is 39.4 Å². The SMILES string of the molecule is C#CCN1CCC(C(=O)N2CCOCC2CC(C)C)CC1. The van der Waals surface area contributed by atoms with Crippen molar-refractivity contribution in [3.8, 4) is 12.3 Å². The quantitative estimate of drug-likeness (QED) is 0.738. The van der Waals surface area contributed by atoms with Gasteiger partial charge in [0.05, 0.1) is 25.8 Å². The first-order chi connectivity index (χ1) is 10.1. The molecule has 0 aromatic carbocycles. The second-order valence-corrected chi connectivity index (χ2v) is 6.64. The van der Waals surface area contributed by atoms with Gasteiger partial charge in [0.2, 0.25) is 5.91 Å². The lowest BCUT2D eigenvalue weighted by Crippen LogP contribution is -2.52. The normalized spacial score (nSPS) is 25.0. The Morgan fingerprint density at radius 1 is 1.33 bits per heavy atom. The summed E-state index contributed by atoms with van der Waals surface area (Å²) < 4.78 is 5.58. The van der Waals surface area contributed by atoms with Crippen molar-refractivity contribution in [3.05, 3.63) is 0 Å². The zero-order chi connectivity index (χ0) is 15.2. The molecule has 2 heterocycles. The topological polar surface area (TPSA) is 32.8 Å². The molecule has 1 atom stereocenters. The highest BCUT2D eigenvalue weighted by molar-refractivity contribution is 5.79. The van der Waals surface area contributed by atoms with Gasteiger partial charge in [-0.05, 0) is 38.3 Å². The highest BCUT2D eigenvalue weighted by Gasteiger charge is 2.33. The molecule has 0 spiro atoms. The molecule has 118 valence electrons. The molecule has 0 aromatic rings. The predicted molar refractivity (Wildman–Crippen MR) is 83.8 cm³/mol. The fourth-order valence-corrected chi connectivity index (χ4v) is 3.39. The van der Waals surface area contributed by atoms with Gasteiger partial charge in [-0.3, -0.25) is 9.69 Å². The molecule has 4 nitrogen and oxygen atoms in total. The average Bonchev–Trinajstić information content (AvgIpc) is 2.48. The predicted octanol–water partition coefficient (Wildman–Crippen LogP) is 1.61. The van der Waals surface area contributed by atoms with E-state index in [1.54, 1.807) is 0 Å². The highest BCUT2D eigenvalue weighted by atomic mass is 16.5. The molecular formula is C17H28N2O2. The molecule has 1 amide bonds. The van der Waals surface area contributed by atoms with Gasteiger partial charge in [0.15, 0.2) is 0 Å². The smallest absolute Gasteiger partial charge is 0.226 e. The highest BCUT2D eigenvalue weighted by Crippen LogP contribution is 2.24. The van der Waals surface area contributed by atoms with E-state index < -0.39 is 0 Å². The molecule has 0 aliphatic carbocycles. The van der Waals surface area contributed by atoms with E-state index in [0.717, 1.165) is 38.9 Å². The fourth-order valence-electron chi connectivity index (χ4n) is 3.39. The molecule has 2 aliphatic heterocycles. The molecule has 2 aliphatic rings. The number of carbonyl (C=O) groups is 1. The molecule has 0 saturated carbocycles. The minimum Gasteiger partial charge on any atom is -0.377 e. The molecule has 0 N–H and O–H groups in total. The Kier molecular flexibility index (Phi) is 6.08. The van der Waals surface area contributed by atoms with Crippen LogP contribution in [0.15, 0.2) is 0 Å². The third-order valence-corrected chi connectivity index (χ3v) is 4.51. The van der Waals surface area contributed by atoms with Crippen LogP contribution in [-0.2, 0) is 9.53 Å². The lowest BCUT2D eigenvalue weighted by molar-refractivity contribution is -0.146. The van der Waals surface area contributed by atoms with E-state index in [2.05, 4.69) is 29.6 Å². The number of amides is 1. The summed E-state index contributed by atoms with van der Waals surface area (Å²) in [5, 5.41) is 0. The second kappa shape index (κ2) is 7.82. The minimum atomic E-state index is 0.173. The first-order valence-corrected chi connectivity index (χ1v) is 8.16. The van der Waals surface area contributed by atoms with Crippen molar-refractivity contribution in [2.45, 2.75) is 39.2 Å². The van der Waals surface area contributed by atoms with Gasteiger partial charge in [0, 0.05) is 12.5 Å². The Labute approximate surface area is 128 Å². The van der Waals surface area contributed by atoms with Gasteiger partial charge in [-0.25, -0.2) is 0 Å². The maximum Gasteiger partial charge on any atom is 0.226 e. The Hall–Kier alpha value is -1.05. The number of piperidine rings is 1. The molecule has 2 fully saturated rings. The van der Waals surface area contributed by atoms with Crippen LogP contribution in [0.2, 0.25) is 0 Å². The summed E-state index contributed by atoms with van der Waals surface area (Å²) in [6.45, 7) is 9.12. The van der Waals surface area contributed by atoms with Crippen LogP contribution in [0.1, 0.15) is 33.1 Å². The van der Waals surface area contributed by atoms with Crippen LogP contribution in [0.5, 0.6) is 0 Å². The monoisotopic (exact) mass is 292 g/mol. The molecule has 4 heteroatoms. The van der Waals surface area contributed by atoms with Crippen molar-refractivity contribution in [3.63, 3.8) is 0 Å². The summed E-state index contributed by atoms with van der Waals surface area (Å²) >= 11 is 0. The number of nitrogens with zero attached hydrogens (tertiary/aromatic N) is 2. The summed E-state index contributed by atoms with van der Waals surface area (Å²) in [7, 11) is 0. The standard InChI is InChI=1S/C17H28N2O2/c1-4-7-18-8-5-15(6-9-18)17(20)19-10-11-21-13-16(19)12-14(2)3/h1,14-16H,5-13H2,2-3H3. The van der Waals surface area contributed by atoms with Crippen molar-refractivity contribution in [2.24, 2.45) is 11.8 Å². The van der Waals surface area contributed by atoms with Gasteiger partial charge in [0.25, 0.3) is 0 Å². The molecule has 1 unspecified atom stereocenters. The molecule has 21 heavy (non-hydrogen) atoms. The number of rotatable bonds is 4. The number of carbonyl (C=O) groups excluding carboxylic acids is 1. The van der Waals surface area contributed by atoms with Crippen LogP contribution in [0.3, 0.4) is 0 Å². The summed E-state index contributed by atoms with van der Waals surface area (Å²) in [4.78, 5) is 17.2. The maximum atomic E-state index is 12.8. The van der Waals surface area contributed by atoms with Crippen molar-refractivity contribution in [1.29, 1.82) is 0 Å². The lowest BCUT2D eigenvalue weighted by atomic mass is 9.93. The summed E-state index contributed by atoms with van der Waals surface area (Å²) in [5.41, 5.74) is 0. The number of ether oxygens (including phenoxy) is 1. The van der Waals surface area contributed by atoms with Gasteiger partial charge < -0.3 is 9.64 Å². The number of terminal acetylenes is 1. The largest absolute Gasteiger partial charge is 0.377 e. The van der Waals surface area contributed by atoms with E-state index >= 15 is 0 Å². The molecule has 0 bridgehead atoms. The molecule has 2 rings (SSSR count). The van der Waals surface area contributed by atoms with E-state index in [-0.39, 0.29) is 12.0 Å². The van der Waals surface area contributed by atoms with Crippen LogP contribution < -0.4 is 0 Å². The van der Waals surface area contributed by atoms with E-state index in [1.807, 2.05) is 0 Å². The fraction of sp³-hybridized carbons (Fsp3) is 0.824. The van der Waals surface area contributed by atoms with Gasteiger partial charge in [-0.15, -0.1) is 6.42 Å².